The Labute approximate surface area is 349 Å². The molecule has 7 unspecified atom stereocenters. The van der Waals surface area contributed by atoms with Gasteiger partial charge in [0.25, 0.3) is 0 Å². The van der Waals surface area contributed by atoms with Crippen LogP contribution < -0.4 is 10.1 Å². The summed E-state index contributed by atoms with van der Waals surface area (Å²) in [7, 11) is 1.31. The predicted molar refractivity (Wildman–Crippen MR) is 215 cm³/mol. The standard InChI is InChI=1S/C45H59NO14/c1-5-23(2)25-11-6-8-16-44(43(55)56,17-9-7-12-25)18-15-32(49)46-28-19-33(59-24(3)38(28)50)60-30-21-45(57,31(48)22-47)20-27-35(30)42(54)37-36(40(27)52)39(51)26-13-10-14-29(58-4)34(26)41(37)53/h10,13-14,23-25,28,30,33,38,47,50,52,54,57H,5-9,11-12,15-22H2,1-4H3,(H,46,49)(H,55,56). The predicted octanol–water partition coefficient (Wildman–Crippen LogP) is 4.81. The SMILES string of the molecule is CCC(C)C1CCCCC(CCC(=O)NC2CC(OC3CC(O)(C(=O)CO)Cc4c(O)c5c(c(O)c43)C(=O)c3c(OC)cccc3C5=O)OC(C)C2O)(C(=O)O)CCCC1. The minimum Gasteiger partial charge on any atom is -0.507 e. The molecule has 7 atom stereocenters. The van der Waals surface area contributed by atoms with Crippen LogP contribution in [0.3, 0.4) is 0 Å². The Hall–Kier alpha value is -4.41. The van der Waals surface area contributed by atoms with Crippen LogP contribution in [0.15, 0.2) is 18.2 Å². The summed E-state index contributed by atoms with van der Waals surface area (Å²) in [6, 6.07) is 3.37. The number of aliphatic hydroxyl groups is 3. The molecule has 2 fully saturated rings. The van der Waals surface area contributed by atoms with Gasteiger partial charge in [-0.1, -0.05) is 70.9 Å². The van der Waals surface area contributed by atoms with Crippen molar-refractivity contribution in [3.8, 4) is 17.2 Å². The highest BCUT2D eigenvalue weighted by Gasteiger charge is 2.50. The second-order valence-corrected chi connectivity index (χ2v) is 17.4. The van der Waals surface area contributed by atoms with Crippen LogP contribution in [0.5, 0.6) is 17.2 Å². The van der Waals surface area contributed by atoms with Gasteiger partial charge in [-0.05, 0) is 44.1 Å². The Kier molecular flexibility index (Phi) is 13.8. The lowest BCUT2D eigenvalue weighted by Gasteiger charge is -2.43. The number of carbonyl (C=O) groups excluding carboxylic acids is 4. The number of benzene rings is 2. The first-order chi connectivity index (χ1) is 28.5. The minimum atomic E-state index is -2.36. The van der Waals surface area contributed by atoms with Crippen molar-refractivity contribution in [1.29, 1.82) is 0 Å². The fourth-order valence-electron chi connectivity index (χ4n) is 9.97. The van der Waals surface area contributed by atoms with Crippen LogP contribution in [0.4, 0.5) is 0 Å². The summed E-state index contributed by atoms with van der Waals surface area (Å²) in [5.41, 5.74) is -5.14. The smallest absolute Gasteiger partial charge is 0.309 e. The molecule has 0 spiro atoms. The number of fused-ring (bicyclic) bond motifs is 3. The maximum Gasteiger partial charge on any atom is 0.309 e. The number of nitrogens with one attached hydrogen (secondary N) is 1. The molecule has 7 N–H and O–H groups in total. The first-order valence-electron chi connectivity index (χ1n) is 21.3. The first kappa shape index (κ1) is 45.1. The van der Waals surface area contributed by atoms with Gasteiger partial charge in [0.05, 0.1) is 47.5 Å². The fourth-order valence-corrected chi connectivity index (χ4v) is 9.97. The van der Waals surface area contributed by atoms with Crippen LogP contribution >= 0.6 is 0 Å². The monoisotopic (exact) mass is 837 g/mol. The normalized spacial score (nSPS) is 30.0. The van der Waals surface area contributed by atoms with Crippen molar-refractivity contribution in [3.05, 3.63) is 51.6 Å². The molecule has 0 aromatic heterocycles. The zero-order chi connectivity index (χ0) is 43.7. The van der Waals surface area contributed by atoms with Crippen LogP contribution in [0, 0.1) is 17.3 Å². The van der Waals surface area contributed by atoms with Gasteiger partial charge in [0.2, 0.25) is 11.7 Å². The van der Waals surface area contributed by atoms with E-state index in [1.165, 1.54) is 25.3 Å². The average molecular weight is 838 g/mol. The molecule has 1 heterocycles. The highest BCUT2D eigenvalue weighted by atomic mass is 16.7. The van der Waals surface area contributed by atoms with E-state index >= 15 is 0 Å². The summed E-state index contributed by atoms with van der Waals surface area (Å²) in [4.78, 5) is 67.2. The lowest BCUT2D eigenvalue weighted by molar-refractivity contribution is -0.249. The molecule has 3 aliphatic carbocycles. The molecule has 0 bridgehead atoms. The highest BCUT2D eigenvalue weighted by Crippen LogP contribution is 2.52. The molecule has 1 aliphatic heterocycles. The maximum absolute atomic E-state index is 14.0. The number of hydrogen-bond donors (Lipinski definition) is 7. The maximum atomic E-state index is 14.0. The second-order valence-electron chi connectivity index (χ2n) is 17.4. The summed E-state index contributed by atoms with van der Waals surface area (Å²) in [5, 5.41) is 69.4. The van der Waals surface area contributed by atoms with Gasteiger partial charge >= 0.3 is 5.97 Å². The number of carbonyl (C=O) groups is 5. The van der Waals surface area contributed by atoms with E-state index in [0.29, 0.717) is 24.7 Å². The number of amides is 1. The average Bonchev–Trinajstić information content (AvgIpc) is 3.22. The van der Waals surface area contributed by atoms with Crippen LogP contribution in [0.25, 0.3) is 0 Å². The molecule has 1 amide bonds. The Morgan fingerprint density at radius 2 is 1.67 bits per heavy atom. The number of Topliss-reactive ketones (excluding diaryl/α,β-unsaturated/α-hetero) is 1. The molecular formula is C45H59NO14. The van der Waals surface area contributed by atoms with E-state index < -0.39 is 113 Å². The molecule has 1 saturated carbocycles. The van der Waals surface area contributed by atoms with Crippen molar-refractivity contribution in [3.63, 3.8) is 0 Å². The number of aliphatic carboxylic acids is 1. The van der Waals surface area contributed by atoms with E-state index in [-0.39, 0.29) is 47.3 Å². The number of ketones is 3. The number of ether oxygens (including phenoxy) is 3. The minimum absolute atomic E-state index is 0.0592. The quantitative estimate of drug-likeness (QED) is 0.121. The van der Waals surface area contributed by atoms with E-state index in [1.807, 2.05) is 0 Å². The van der Waals surface area contributed by atoms with E-state index in [1.54, 1.807) is 6.92 Å². The van der Waals surface area contributed by atoms with Gasteiger partial charge in [-0.15, -0.1) is 0 Å². The highest BCUT2D eigenvalue weighted by molar-refractivity contribution is 6.31. The lowest BCUT2D eigenvalue weighted by atomic mass is 9.72. The van der Waals surface area contributed by atoms with Crippen LogP contribution in [-0.4, -0.2) is 104 Å². The number of aromatic hydroxyl groups is 2. The van der Waals surface area contributed by atoms with E-state index in [2.05, 4.69) is 19.2 Å². The van der Waals surface area contributed by atoms with Gasteiger partial charge in [0, 0.05) is 42.4 Å². The summed E-state index contributed by atoms with van der Waals surface area (Å²) < 4.78 is 17.6. The topological polar surface area (TPSA) is 246 Å². The summed E-state index contributed by atoms with van der Waals surface area (Å²) >= 11 is 0. The molecule has 1 saturated heterocycles. The van der Waals surface area contributed by atoms with Gasteiger partial charge < -0.3 is 50.2 Å². The summed E-state index contributed by atoms with van der Waals surface area (Å²) in [5.74, 6) is -4.23. The molecule has 15 nitrogen and oxygen atoms in total. The van der Waals surface area contributed by atoms with Crippen molar-refractivity contribution in [2.45, 2.75) is 147 Å². The zero-order valence-corrected chi connectivity index (χ0v) is 34.8. The molecule has 2 aromatic rings. The number of phenolic OH excluding ortho intramolecular Hbond substituents is 2. The van der Waals surface area contributed by atoms with Crippen LogP contribution in [-0.2, 0) is 30.3 Å². The number of phenols is 2. The third kappa shape index (κ3) is 8.56. The van der Waals surface area contributed by atoms with Gasteiger partial charge in [0.1, 0.15) is 35.6 Å². The van der Waals surface area contributed by atoms with E-state index in [4.69, 9.17) is 14.2 Å². The third-order valence-electron chi connectivity index (χ3n) is 13.8. The molecule has 0 radical (unpaired) electrons. The van der Waals surface area contributed by atoms with Gasteiger partial charge in [0.15, 0.2) is 17.9 Å². The second kappa shape index (κ2) is 18.3. The Morgan fingerprint density at radius 3 is 2.28 bits per heavy atom. The van der Waals surface area contributed by atoms with Crippen molar-refractivity contribution >= 4 is 29.2 Å². The molecule has 6 rings (SSSR count). The number of carboxylic acids is 1. The van der Waals surface area contributed by atoms with Gasteiger partial charge in [-0.3, -0.25) is 24.0 Å². The number of hydrogen-bond acceptors (Lipinski definition) is 13. The number of carboxylic acid groups (broad SMARTS) is 1. The van der Waals surface area contributed by atoms with Crippen LogP contribution in [0.2, 0.25) is 0 Å². The number of methoxy groups -OCH3 is 1. The molecule has 4 aliphatic rings. The van der Waals surface area contributed by atoms with Gasteiger partial charge in [-0.2, -0.15) is 0 Å². The Balaban J connectivity index is 1.23. The molecule has 60 heavy (non-hydrogen) atoms. The molecule has 2 aromatic carbocycles. The molecule has 15 heteroatoms. The van der Waals surface area contributed by atoms with Crippen molar-refractivity contribution in [2.75, 3.05) is 13.7 Å². The third-order valence-corrected chi connectivity index (χ3v) is 13.8. The van der Waals surface area contributed by atoms with E-state index in [0.717, 1.165) is 44.9 Å². The number of rotatable bonds is 12. The molecular weight excluding hydrogens is 778 g/mol. The zero-order valence-electron chi connectivity index (χ0n) is 34.8. The Morgan fingerprint density at radius 1 is 1.00 bits per heavy atom. The lowest BCUT2D eigenvalue weighted by Crippen LogP contribution is -2.56. The first-order valence-corrected chi connectivity index (χ1v) is 21.3. The van der Waals surface area contributed by atoms with Crippen molar-refractivity contribution in [1.82, 2.24) is 5.32 Å². The number of aliphatic hydroxyl groups excluding tert-OH is 2. The summed E-state index contributed by atoms with van der Waals surface area (Å²) in [6.07, 6.45) is 1.25. The molecule has 328 valence electrons. The summed E-state index contributed by atoms with van der Waals surface area (Å²) in [6.45, 7) is 4.94. The Bertz CT molecular complexity index is 1980. The van der Waals surface area contributed by atoms with Crippen molar-refractivity contribution in [2.24, 2.45) is 17.3 Å². The van der Waals surface area contributed by atoms with Crippen molar-refractivity contribution < 1.29 is 68.8 Å². The fraction of sp³-hybridized carbons (Fsp3) is 0.622. The largest absolute Gasteiger partial charge is 0.507 e. The van der Waals surface area contributed by atoms with Crippen LogP contribution in [0.1, 0.15) is 153 Å². The van der Waals surface area contributed by atoms with E-state index in [9.17, 15) is 54.6 Å². The van der Waals surface area contributed by atoms with Gasteiger partial charge in [-0.25, -0.2) is 0 Å².